The van der Waals surface area contributed by atoms with Gasteiger partial charge in [-0.1, -0.05) is 0 Å². The van der Waals surface area contributed by atoms with Gasteiger partial charge in [0.1, 0.15) is 5.78 Å². The average Bonchev–Trinajstić information content (AvgIpc) is 2.14. The molecule has 1 N–H and O–H groups in total. The molecule has 0 unspecified atom stereocenters. The largest absolute Gasteiger partial charge is 0.381 e. The molecule has 3 nitrogen and oxygen atoms in total. The van der Waals surface area contributed by atoms with Gasteiger partial charge in [-0.2, -0.15) is 0 Å². The Kier molecular flexibility index (Phi) is 5.01. The maximum Gasteiger partial charge on any atom is 0.143 e. The summed E-state index contributed by atoms with van der Waals surface area (Å²) in [6.07, 6.45) is 3.54. The van der Waals surface area contributed by atoms with Crippen molar-refractivity contribution in [2.24, 2.45) is 5.92 Å². The maximum atomic E-state index is 10.6. The van der Waals surface area contributed by atoms with E-state index in [-0.39, 0.29) is 5.78 Å². The molecule has 0 bridgehead atoms. The minimum Gasteiger partial charge on any atom is -0.381 e. The van der Waals surface area contributed by atoms with Gasteiger partial charge in [-0.25, -0.2) is 0 Å². The van der Waals surface area contributed by atoms with E-state index < -0.39 is 0 Å². The molecule has 0 amide bonds. The molecular weight excluding hydrogens is 166 g/mol. The third kappa shape index (κ3) is 5.01. The van der Waals surface area contributed by atoms with E-state index in [9.17, 15) is 4.79 Å². The van der Waals surface area contributed by atoms with Gasteiger partial charge in [0.15, 0.2) is 0 Å². The lowest BCUT2D eigenvalue weighted by Gasteiger charge is -2.21. The summed E-state index contributed by atoms with van der Waals surface area (Å²) in [7, 11) is 0. The number of hydrogen-bond donors (Lipinski definition) is 1. The van der Waals surface area contributed by atoms with Gasteiger partial charge in [0.05, 0.1) is 6.54 Å². The number of carbonyl (C=O) groups excluding carboxylic acids is 1. The fourth-order valence-corrected chi connectivity index (χ4v) is 1.61. The van der Waals surface area contributed by atoms with Crippen molar-refractivity contribution in [3.63, 3.8) is 0 Å². The molecule has 0 spiro atoms. The van der Waals surface area contributed by atoms with Crippen LogP contribution in [0.15, 0.2) is 0 Å². The fraction of sp³-hybridized carbons (Fsp3) is 0.900. The van der Waals surface area contributed by atoms with Gasteiger partial charge in [-0.3, -0.25) is 4.79 Å². The summed E-state index contributed by atoms with van der Waals surface area (Å²) in [6, 6.07) is 0. The van der Waals surface area contributed by atoms with Crippen molar-refractivity contribution in [3.05, 3.63) is 0 Å². The Morgan fingerprint density at radius 3 is 2.77 bits per heavy atom. The normalized spacial score (nSPS) is 18.8. The Bertz CT molecular complexity index is 153. The Labute approximate surface area is 79.8 Å². The predicted octanol–water partition coefficient (Wildman–Crippen LogP) is 0.982. The highest BCUT2D eigenvalue weighted by Gasteiger charge is 2.12. The molecular formula is C10H19NO2. The van der Waals surface area contributed by atoms with E-state index in [0.717, 1.165) is 25.7 Å². The fourth-order valence-electron chi connectivity index (χ4n) is 1.61. The summed E-state index contributed by atoms with van der Waals surface area (Å²) in [6.45, 7) is 4.92. The molecule has 1 rings (SSSR count). The van der Waals surface area contributed by atoms with Crippen LogP contribution in [-0.2, 0) is 9.53 Å². The number of ether oxygens (including phenoxy) is 1. The molecule has 0 aromatic rings. The van der Waals surface area contributed by atoms with Crippen molar-refractivity contribution >= 4 is 5.78 Å². The van der Waals surface area contributed by atoms with Gasteiger partial charge in [-0.15, -0.1) is 0 Å². The number of nitrogens with one attached hydrogen (secondary N) is 1. The van der Waals surface area contributed by atoms with Gasteiger partial charge in [0, 0.05) is 13.2 Å². The molecule has 1 aliphatic heterocycles. The maximum absolute atomic E-state index is 10.6. The van der Waals surface area contributed by atoms with Crippen molar-refractivity contribution in [1.29, 1.82) is 0 Å². The highest BCUT2D eigenvalue weighted by molar-refractivity contribution is 5.77. The molecule has 0 aromatic heterocycles. The van der Waals surface area contributed by atoms with Gasteiger partial charge in [-0.05, 0) is 38.6 Å². The van der Waals surface area contributed by atoms with Crippen LogP contribution in [0.1, 0.15) is 26.2 Å². The Morgan fingerprint density at radius 2 is 2.15 bits per heavy atom. The first-order chi connectivity index (χ1) is 6.29. The van der Waals surface area contributed by atoms with E-state index in [4.69, 9.17) is 4.74 Å². The standard InChI is InChI=1S/C10H19NO2/c1-9(12)8-11-5-2-10-3-6-13-7-4-10/h10-11H,2-8H2,1H3. The molecule has 0 aromatic carbocycles. The molecule has 1 fully saturated rings. The lowest BCUT2D eigenvalue weighted by Crippen LogP contribution is -2.25. The van der Waals surface area contributed by atoms with Crippen LogP contribution in [0.3, 0.4) is 0 Å². The lowest BCUT2D eigenvalue weighted by molar-refractivity contribution is -0.116. The molecule has 3 heteroatoms. The van der Waals surface area contributed by atoms with Crippen LogP contribution in [0.25, 0.3) is 0 Å². The third-order valence-electron chi connectivity index (χ3n) is 2.44. The van der Waals surface area contributed by atoms with Crippen LogP contribution in [-0.4, -0.2) is 32.1 Å². The molecule has 1 saturated heterocycles. The smallest absolute Gasteiger partial charge is 0.143 e. The van der Waals surface area contributed by atoms with E-state index in [0.29, 0.717) is 6.54 Å². The SMILES string of the molecule is CC(=O)CNCCC1CCOCC1. The third-order valence-corrected chi connectivity index (χ3v) is 2.44. The van der Waals surface area contributed by atoms with Crippen LogP contribution >= 0.6 is 0 Å². The molecule has 0 aliphatic carbocycles. The van der Waals surface area contributed by atoms with Crippen molar-refractivity contribution in [2.45, 2.75) is 26.2 Å². The predicted molar refractivity (Wildman–Crippen MR) is 51.7 cm³/mol. The zero-order valence-electron chi connectivity index (χ0n) is 8.34. The first kappa shape index (κ1) is 10.7. The number of Topliss-reactive ketones (excluding diaryl/α,β-unsaturated/α-hetero) is 1. The molecule has 1 heterocycles. The van der Waals surface area contributed by atoms with E-state index in [1.54, 1.807) is 6.92 Å². The Hall–Kier alpha value is -0.410. The second-order valence-corrected chi connectivity index (χ2v) is 3.72. The topological polar surface area (TPSA) is 38.3 Å². The first-order valence-corrected chi connectivity index (χ1v) is 5.07. The van der Waals surface area contributed by atoms with Crippen LogP contribution in [0.5, 0.6) is 0 Å². The molecule has 0 atom stereocenters. The summed E-state index contributed by atoms with van der Waals surface area (Å²) >= 11 is 0. The second kappa shape index (κ2) is 6.11. The molecule has 0 radical (unpaired) electrons. The van der Waals surface area contributed by atoms with Gasteiger partial charge >= 0.3 is 0 Å². The summed E-state index contributed by atoms with van der Waals surface area (Å²) in [5, 5.41) is 3.14. The molecule has 1 aliphatic rings. The average molecular weight is 185 g/mol. The highest BCUT2D eigenvalue weighted by atomic mass is 16.5. The van der Waals surface area contributed by atoms with Crippen molar-refractivity contribution in [3.8, 4) is 0 Å². The summed E-state index contributed by atoms with van der Waals surface area (Å²) in [5.74, 6) is 1.01. The van der Waals surface area contributed by atoms with E-state index in [1.807, 2.05) is 0 Å². The Balaban J connectivity index is 1.95. The van der Waals surface area contributed by atoms with Gasteiger partial charge in [0.2, 0.25) is 0 Å². The van der Waals surface area contributed by atoms with Crippen LogP contribution in [0.2, 0.25) is 0 Å². The van der Waals surface area contributed by atoms with Crippen molar-refractivity contribution in [1.82, 2.24) is 5.32 Å². The highest BCUT2D eigenvalue weighted by Crippen LogP contribution is 2.17. The van der Waals surface area contributed by atoms with Gasteiger partial charge in [0.25, 0.3) is 0 Å². The van der Waals surface area contributed by atoms with Crippen LogP contribution in [0.4, 0.5) is 0 Å². The number of ketones is 1. The van der Waals surface area contributed by atoms with E-state index in [2.05, 4.69) is 5.32 Å². The molecule has 13 heavy (non-hydrogen) atoms. The van der Waals surface area contributed by atoms with Crippen LogP contribution < -0.4 is 5.32 Å². The molecule has 0 saturated carbocycles. The summed E-state index contributed by atoms with van der Waals surface area (Å²) in [5.41, 5.74) is 0. The van der Waals surface area contributed by atoms with E-state index in [1.165, 1.54) is 19.3 Å². The number of rotatable bonds is 5. The minimum atomic E-state index is 0.215. The second-order valence-electron chi connectivity index (χ2n) is 3.72. The van der Waals surface area contributed by atoms with Crippen LogP contribution in [0, 0.1) is 5.92 Å². The lowest BCUT2D eigenvalue weighted by atomic mass is 9.97. The first-order valence-electron chi connectivity index (χ1n) is 5.07. The zero-order chi connectivity index (χ0) is 9.52. The number of carbonyl (C=O) groups is 1. The zero-order valence-corrected chi connectivity index (χ0v) is 8.34. The van der Waals surface area contributed by atoms with Gasteiger partial charge < -0.3 is 10.1 Å². The van der Waals surface area contributed by atoms with E-state index >= 15 is 0 Å². The van der Waals surface area contributed by atoms with Crippen molar-refractivity contribution in [2.75, 3.05) is 26.3 Å². The monoisotopic (exact) mass is 185 g/mol. The summed E-state index contributed by atoms with van der Waals surface area (Å²) in [4.78, 5) is 10.6. The quantitative estimate of drug-likeness (QED) is 0.649. The molecule has 76 valence electrons. The number of hydrogen-bond acceptors (Lipinski definition) is 3. The summed E-state index contributed by atoms with van der Waals surface area (Å²) < 4.78 is 5.27. The Morgan fingerprint density at radius 1 is 1.46 bits per heavy atom. The minimum absolute atomic E-state index is 0.215. The van der Waals surface area contributed by atoms with Crippen molar-refractivity contribution < 1.29 is 9.53 Å².